The SMILES string of the molecule is C.Nc1ccc2[nH]nc(-c3ncco3)c2c1.O=[N+]([O-])c1ccc2[nH]nc(-c3ncco3)c2c1. The van der Waals surface area contributed by atoms with Crippen LogP contribution in [0.1, 0.15) is 7.43 Å². The second-order valence-corrected chi connectivity index (χ2v) is 6.61. The van der Waals surface area contributed by atoms with Crippen molar-refractivity contribution in [2.45, 2.75) is 7.43 Å². The minimum Gasteiger partial charge on any atom is -0.443 e. The summed E-state index contributed by atoms with van der Waals surface area (Å²) in [5, 5.41) is 26.1. The van der Waals surface area contributed by atoms with Crippen LogP contribution in [0.5, 0.6) is 0 Å². The monoisotopic (exact) mass is 446 g/mol. The molecule has 0 fully saturated rings. The van der Waals surface area contributed by atoms with Gasteiger partial charge in [0.1, 0.15) is 12.5 Å². The topological polar surface area (TPSA) is 179 Å². The predicted molar refractivity (Wildman–Crippen MR) is 121 cm³/mol. The fraction of sp³-hybridized carbons (Fsp3) is 0.0476. The van der Waals surface area contributed by atoms with E-state index in [0.717, 1.165) is 10.9 Å². The number of non-ortho nitro benzene ring substituents is 1. The summed E-state index contributed by atoms with van der Waals surface area (Å²) in [6, 6.07) is 10.0. The number of fused-ring (bicyclic) bond motifs is 2. The molecule has 0 saturated carbocycles. The minimum absolute atomic E-state index is 0. The van der Waals surface area contributed by atoms with Gasteiger partial charge in [-0.25, -0.2) is 9.97 Å². The lowest BCUT2D eigenvalue weighted by molar-refractivity contribution is -0.384. The van der Waals surface area contributed by atoms with E-state index >= 15 is 0 Å². The summed E-state index contributed by atoms with van der Waals surface area (Å²) < 4.78 is 10.3. The molecule has 166 valence electrons. The normalized spacial score (nSPS) is 10.5. The van der Waals surface area contributed by atoms with Gasteiger partial charge < -0.3 is 14.6 Å². The minimum atomic E-state index is -0.453. The predicted octanol–water partition coefficient (Wildman–Crippen LogP) is 4.56. The highest BCUT2D eigenvalue weighted by atomic mass is 16.6. The van der Waals surface area contributed by atoms with Gasteiger partial charge >= 0.3 is 0 Å². The van der Waals surface area contributed by atoms with Gasteiger partial charge in [0.2, 0.25) is 11.8 Å². The van der Waals surface area contributed by atoms with Gasteiger partial charge in [-0.15, -0.1) is 0 Å². The van der Waals surface area contributed by atoms with E-state index in [1.54, 1.807) is 12.3 Å². The summed E-state index contributed by atoms with van der Waals surface area (Å²) in [4.78, 5) is 18.3. The molecule has 33 heavy (non-hydrogen) atoms. The summed E-state index contributed by atoms with van der Waals surface area (Å²) in [5.74, 6) is 0.823. The zero-order valence-electron chi connectivity index (χ0n) is 16.2. The number of rotatable bonds is 3. The van der Waals surface area contributed by atoms with Crippen molar-refractivity contribution in [1.29, 1.82) is 0 Å². The third-order valence-electron chi connectivity index (χ3n) is 4.61. The lowest BCUT2D eigenvalue weighted by atomic mass is 10.2. The number of hydrogen-bond acceptors (Lipinski definition) is 9. The second kappa shape index (κ2) is 8.63. The number of aromatic amines is 2. The van der Waals surface area contributed by atoms with E-state index in [9.17, 15) is 10.1 Å². The lowest BCUT2D eigenvalue weighted by Crippen LogP contribution is -1.86. The van der Waals surface area contributed by atoms with Crippen LogP contribution in [0.15, 0.2) is 70.2 Å². The van der Waals surface area contributed by atoms with Crippen molar-refractivity contribution in [2.24, 2.45) is 0 Å². The fourth-order valence-corrected chi connectivity index (χ4v) is 3.15. The van der Waals surface area contributed by atoms with E-state index < -0.39 is 4.92 Å². The Balaban J connectivity index is 0.000000153. The van der Waals surface area contributed by atoms with Gasteiger partial charge in [-0.1, -0.05) is 7.43 Å². The molecule has 0 amide bonds. The Kier molecular flexibility index (Phi) is 5.55. The summed E-state index contributed by atoms with van der Waals surface area (Å²) in [7, 11) is 0. The summed E-state index contributed by atoms with van der Waals surface area (Å²) in [5.41, 5.74) is 9.17. The quantitative estimate of drug-likeness (QED) is 0.199. The maximum absolute atomic E-state index is 10.7. The average molecular weight is 446 g/mol. The van der Waals surface area contributed by atoms with Gasteiger partial charge in [-0.05, 0) is 24.3 Å². The average Bonchev–Trinajstić information content (AvgIpc) is 3.59. The number of nitro groups is 1. The number of hydrogen-bond donors (Lipinski definition) is 3. The van der Waals surface area contributed by atoms with E-state index in [0.29, 0.717) is 39.8 Å². The number of anilines is 1. The largest absolute Gasteiger partial charge is 0.443 e. The van der Waals surface area contributed by atoms with Crippen LogP contribution in [0, 0.1) is 10.1 Å². The molecule has 0 radical (unpaired) electrons. The fourth-order valence-electron chi connectivity index (χ4n) is 3.15. The van der Waals surface area contributed by atoms with Crippen LogP contribution in [-0.4, -0.2) is 35.3 Å². The maximum atomic E-state index is 10.7. The third-order valence-corrected chi connectivity index (χ3v) is 4.61. The molecule has 6 rings (SSSR count). The maximum Gasteiger partial charge on any atom is 0.270 e. The molecule has 0 unspecified atom stereocenters. The molecule has 0 aliphatic heterocycles. The number of nitrogens with zero attached hydrogens (tertiary/aromatic N) is 5. The molecular formula is C21H18N8O4. The molecule has 0 spiro atoms. The Bertz CT molecular complexity index is 1520. The van der Waals surface area contributed by atoms with Crippen molar-refractivity contribution in [3.63, 3.8) is 0 Å². The van der Waals surface area contributed by atoms with E-state index in [1.807, 2.05) is 18.2 Å². The molecule has 4 heterocycles. The number of oxazole rings is 2. The van der Waals surface area contributed by atoms with Crippen LogP contribution in [0.25, 0.3) is 45.0 Å². The Morgan fingerprint density at radius 3 is 1.91 bits per heavy atom. The third kappa shape index (κ3) is 3.99. The number of nitrogens with one attached hydrogen (secondary N) is 2. The first-order valence-electron chi connectivity index (χ1n) is 9.26. The standard InChI is InChI=1S/C10H6N4O3.C10H8N4O.CH4/c15-14(16)6-1-2-8-7(5-6)9(13-12-8)10-11-3-4-17-10;11-6-1-2-8-7(5-6)9(14-13-8)10-12-3-4-15-10;/h1-5H,(H,12,13);1-5H,11H2,(H,13,14);1H4. The lowest BCUT2D eigenvalue weighted by Gasteiger charge is -1.93. The molecule has 4 aromatic heterocycles. The highest BCUT2D eigenvalue weighted by Gasteiger charge is 2.15. The molecule has 0 aliphatic rings. The molecule has 0 bridgehead atoms. The smallest absolute Gasteiger partial charge is 0.270 e. The van der Waals surface area contributed by atoms with Crippen LogP contribution in [0.2, 0.25) is 0 Å². The number of nitrogen functional groups attached to an aromatic ring is 1. The van der Waals surface area contributed by atoms with Crippen LogP contribution in [0.4, 0.5) is 11.4 Å². The van der Waals surface area contributed by atoms with Crippen LogP contribution in [-0.2, 0) is 0 Å². The van der Waals surface area contributed by atoms with E-state index in [-0.39, 0.29) is 13.1 Å². The first-order chi connectivity index (χ1) is 15.6. The van der Waals surface area contributed by atoms with E-state index in [1.165, 1.54) is 30.9 Å². The first-order valence-corrected chi connectivity index (χ1v) is 9.26. The van der Waals surface area contributed by atoms with Crippen molar-refractivity contribution >= 4 is 33.2 Å². The van der Waals surface area contributed by atoms with Gasteiger partial charge in [0.25, 0.3) is 5.69 Å². The number of H-pyrrole nitrogens is 2. The van der Waals surface area contributed by atoms with Crippen molar-refractivity contribution in [2.75, 3.05) is 5.73 Å². The molecule has 0 atom stereocenters. The van der Waals surface area contributed by atoms with Crippen LogP contribution in [0.3, 0.4) is 0 Å². The first kappa shape index (κ1) is 21.2. The zero-order valence-corrected chi connectivity index (χ0v) is 16.2. The molecule has 12 nitrogen and oxygen atoms in total. The molecule has 4 N–H and O–H groups in total. The number of aromatic nitrogens is 6. The molecule has 0 aliphatic carbocycles. The van der Waals surface area contributed by atoms with Crippen LogP contribution >= 0.6 is 0 Å². The number of nitro benzene ring substituents is 1. The zero-order chi connectivity index (χ0) is 22.1. The van der Waals surface area contributed by atoms with Crippen molar-refractivity contribution in [1.82, 2.24) is 30.4 Å². The summed E-state index contributed by atoms with van der Waals surface area (Å²) in [6.45, 7) is 0. The van der Waals surface area contributed by atoms with Gasteiger partial charge in [0.15, 0.2) is 11.4 Å². The van der Waals surface area contributed by atoms with E-state index in [4.69, 9.17) is 14.6 Å². The van der Waals surface area contributed by atoms with Crippen LogP contribution < -0.4 is 5.73 Å². The van der Waals surface area contributed by atoms with Crippen molar-refractivity contribution in [3.8, 4) is 23.2 Å². The molecule has 2 aromatic carbocycles. The second-order valence-electron chi connectivity index (χ2n) is 6.61. The summed E-state index contributed by atoms with van der Waals surface area (Å²) >= 11 is 0. The number of benzene rings is 2. The summed E-state index contributed by atoms with van der Waals surface area (Å²) in [6.07, 6.45) is 6.02. The Hall–Kier alpha value is -5.00. The van der Waals surface area contributed by atoms with Crippen molar-refractivity contribution < 1.29 is 13.8 Å². The Labute approximate surface area is 185 Å². The number of nitrogens with two attached hydrogens (primary N) is 1. The highest BCUT2D eigenvalue weighted by Crippen LogP contribution is 2.28. The molecular weight excluding hydrogens is 428 g/mol. The molecule has 6 aromatic rings. The van der Waals surface area contributed by atoms with Gasteiger partial charge in [0, 0.05) is 28.6 Å². The van der Waals surface area contributed by atoms with Gasteiger partial charge in [-0.3, -0.25) is 20.3 Å². The Morgan fingerprint density at radius 2 is 1.39 bits per heavy atom. The highest BCUT2D eigenvalue weighted by molar-refractivity contribution is 5.93. The van der Waals surface area contributed by atoms with Crippen molar-refractivity contribution in [3.05, 3.63) is 71.4 Å². The Morgan fingerprint density at radius 1 is 0.848 bits per heavy atom. The van der Waals surface area contributed by atoms with E-state index in [2.05, 4.69) is 30.4 Å². The molecule has 12 heteroatoms. The molecule has 0 saturated heterocycles. The van der Waals surface area contributed by atoms with Gasteiger partial charge in [-0.2, -0.15) is 10.2 Å². The van der Waals surface area contributed by atoms with Gasteiger partial charge in [0.05, 0.1) is 28.4 Å².